The third-order valence-electron chi connectivity index (χ3n) is 4.62. The van der Waals surface area contributed by atoms with Crippen LogP contribution in [0, 0.1) is 18.3 Å². The lowest BCUT2D eigenvalue weighted by Crippen LogP contribution is -2.37. The molecular weight excluding hydrogens is 342 g/mol. The van der Waals surface area contributed by atoms with Gasteiger partial charge in [-0.3, -0.25) is 9.59 Å². The van der Waals surface area contributed by atoms with E-state index in [1.54, 1.807) is 4.90 Å². The molecule has 4 nitrogen and oxygen atoms in total. The van der Waals surface area contributed by atoms with Crippen LogP contribution in [0.5, 0.6) is 0 Å². The van der Waals surface area contributed by atoms with E-state index in [9.17, 15) is 14.7 Å². The van der Waals surface area contributed by atoms with Gasteiger partial charge in [0.2, 0.25) is 0 Å². The number of halogens is 1. The minimum absolute atomic E-state index is 0.0451. The molecule has 2 heterocycles. The molecule has 1 saturated heterocycles. The Labute approximate surface area is 129 Å². The zero-order valence-corrected chi connectivity index (χ0v) is 13.6. The van der Waals surface area contributed by atoms with Crippen molar-refractivity contribution in [2.45, 2.75) is 26.2 Å². The van der Waals surface area contributed by atoms with Gasteiger partial charge in [-0.05, 0) is 47.7 Å². The molecule has 2 atom stereocenters. The molecule has 0 spiro atoms. The third kappa shape index (κ3) is 2.00. The standard InChI is InChI=1S/C14H16BrNO3S/c1-8-5-10(11(15)20-8)12(17)16-6-9-3-2-4-14(9,7-16)13(18)19/h5,9H,2-4,6-7H2,1H3,(H,18,19)/t9-,14+/m0/s1. The molecule has 0 unspecified atom stereocenters. The van der Waals surface area contributed by atoms with Crippen LogP contribution in [0.4, 0.5) is 0 Å². The van der Waals surface area contributed by atoms with Crippen LogP contribution in [0.15, 0.2) is 9.85 Å². The van der Waals surface area contributed by atoms with E-state index in [-0.39, 0.29) is 11.8 Å². The second-order valence-corrected chi connectivity index (χ2v) is 8.35. The fourth-order valence-corrected chi connectivity index (χ4v) is 5.36. The molecule has 108 valence electrons. The summed E-state index contributed by atoms with van der Waals surface area (Å²) in [6, 6.07) is 1.87. The summed E-state index contributed by atoms with van der Waals surface area (Å²) in [6.07, 6.45) is 2.57. The van der Waals surface area contributed by atoms with Gasteiger partial charge in [0.1, 0.15) is 0 Å². The summed E-state index contributed by atoms with van der Waals surface area (Å²) < 4.78 is 0.835. The zero-order valence-electron chi connectivity index (χ0n) is 11.2. The number of carboxylic acids is 1. The number of thiophene rings is 1. The Morgan fingerprint density at radius 2 is 2.30 bits per heavy atom. The van der Waals surface area contributed by atoms with E-state index in [4.69, 9.17) is 0 Å². The van der Waals surface area contributed by atoms with Crippen molar-refractivity contribution in [2.24, 2.45) is 11.3 Å². The maximum Gasteiger partial charge on any atom is 0.311 e. The van der Waals surface area contributed by atoms with Crippen LogP contribution in [-0.4, -0.2) is 35.0 Å². The van der Waals surface area contributed by atoms with Crippen molar-refractivity contribution in [3.63, 3.8) is 0 Å². The lowest BCUT2D eigenvalue weighted by atomic mass is 9.81. The Balaban J connectivity index is 1.85. The largest absolute Gasteiger partial charge is 0.481 e. The average molecular weight is 358 g/mol. The zero-order chi connectivity index (χ0) is 14.5. The number of nitrogens with zero attached hydrogens (tertiary/aromatic N) is 1. The topological polar surface area (TPSA) is 57.6 Å². The number of carbonyl (C=O) groups is 2. The summed E-state index contributed by atoms with van der Waals surface area (Å²) in [5.74, 6) is -0.672. The molecule has 0 aromatic carbocycles. The average Bonchev–Trinajstić information content (AvgIpc) is 2.99. The molecule has 1 N–H and O–H groups in total. The van der Waals surface area contributed by atoms with Crippen LogP contribution < -0.4 is 0 Å². The lowest BCUT2D eigenvalue weighted by Gasteiger charge is -2.23. The molecule has 3 rings (SSSR count). The van der Waals surface area contributed by atoms with Crippen molar-refractivity contribution in [1.29, 1.82) is 0 Å². The highest BCUT2D eigenvalue weighted by Gasteiger charge is 2.55. The molecule has 1 aromatic heterocycles. The van der Waals surface area contributed by atoms with Gasteiger partial charge in [-0.2, -0.15) is 0 Å². The highest BCUT2D eigenvalue weighted by molar-refractivity contribution is 9.11. The van der Waals surface area contributed by atoms with Crippen LogP contribution in [0.1, 0.15) is 34.5 Å². The van der Waals surface area contributed by atoms with Crippen molar-refractivity contribution in [2.75, 3.05) is 13.1 Å². The van der Waals surface area contributed by atoms with E-state index in [2.05, 4.69) is 15.9 Å². The maximum atomic E-state index is 12.6. The van der Waals surface area contributed by atoms with Gasteiger partial charge in [0.15, 0.2) is 0 Å². The Kier molecular flexibility index (Phi) is 3.41. The highest BCUT2D eigenvalue weighted by Crippen LogP contribution is 2.49. The molecule has 2 aliphatic rings. The predicted molar refractivity (Wildman–Crippen MR) is 80.1 cm³/mol. The smallest absolute Gasteiger partial charge is 0.311 e. The molecular formula is C14H16BrNO3S. The Hall–Kier alpha value is -0.880. The number of aliphatic carboxylic acids is 1. The summed E-state index contributed by atoms with van der Waals surface area (Å²) in [7, 11) is 0. The number of aryl methyl sites for hydroxylation is 1. The second-order valence-electron chi connectivity index (χ2n) is 5.78. The van der Waals surface area contributed by atoms with Gasteiger partial charge in [-0.15, -0.1) is 11.3 Å². The van der Waals surface area contributed by atoms with Crippen molar-refractivity contribution in [3.05, 3.63) is 20.3 Å². The Bertz CT molecular complexity index is 585. The van der Waals surface area contributed by atoms with Gasteiger partial charge in [-0.25, -0.2) is 0 Å². The van der Waals surface area contributed by atoms with Gasteiger partial charge in [-0.1, -0.05) is 6.42 Å². The molecule has 20 heavy (non-hydrogen) atoms. The normalized spacial score (nSPS) is 28.7. The summed E-state index contributed by atoms with van der Waals surface area (Å²) in [5.41, 5.74) is -0.0410. The maximum absolute atomic E-state index is 12.6. The van der Waals surface area contributed by atoms with E-state index >= 15 is 0 Å². The molecule has 0 bridgehead atoms. The van der Waals surface area contributed by atoms with Gasteiger partial charge in [0.05, 0.1) is 14.8 Å². The molecule has 1 aliphatic heterocycles. The van der Waals surface area contributed by atoms with E-state index in [1.807, 2.05) is 13.0 Å². The van der Waals surface area contributed by atoms with Crippen molar-refractivity contribution < 1.29 is 14.7 Å². The molecule has 6 heteroatoms. The fraction of sp³-hybridized carbons (Fsp3) is 0.571. The SMILES string of the molecule is Cc1cc(C(=O)N2C[C@@H]3CCC[C@@]3(C(=O)O)C2)c(Br)s1. The van der Waals surface area contributed by atoms with Gasteiger partial charge in [0, 0.05) is 18.0 Å². The Morgan fingerprint density at radius 3 is 2.85 bits per heavy atom. The van der Waals surface area contributed by atoms with Gasteiger partial charge < -0.3 is 10.0 Å². The fourth-order valence-electron chi connectivity index (χ4n) is 3.60. The number of carbonyl (C=O) groups excluding carboxylic acids is 1. The summed E-state index contributed by atoms with van der Waals surface area (Å²) >= 11 is 4.96. The van der Waals surface area contributed by atoms with Crippen LogP contribution in [-0.2, 0) is 4.79 Å². The minimum atomic E-state index is -0.740. The predicted octanol–water partition coefficient (Wildman–Crippen LogP) is 3.15. The first-order valence-electron chi connectivity index (χ1n) is 6.72. The Morgan fingerprint density at radius 1 is 1.55 bits per heavy atom. The molecule has 1 amide bonds. The van der Waals surface area contributed by atoms with Crippen LogP contribution >= 0.6 is 27.3 Å². The van der Waals surface area contributed by atoms with E-state index in [1.165, 1.54) is 11.3 Å². The molecule has 2 fully saturated rings. The van der Waals surface area contributed by atoms with E-state index in [0.717, 1.165) is 21.5 Å². The monoisotopic (exact) mass is 357 g/mol. The van der Waals surface area contributed by atoms with Crippen molar-refractivity contribution in [1.82, 2.24) is 4.90 Å². The molecule has 0 radical (unpaired) electrons. The first-order chi connectivity index (χ1) is 9.44. The van der Waals surface area contributed by atoms with Crippen LogP contribution in [0.2, 0.25) is 0 Å². The lowest BCUT2D eigenvalue weighted by molar-refractivity contribution is -0.149. The van der Waals surface area contributed by atoms with Crippen molar-refractivity contribution in [3.8, 4) is 0 Å². The van der Waals surface area contributed by atoms with Crippen molar-refractivity contribution >= 4 is 39.1 Å². The number of fused-ring (bicyclic) bond motifs is 1. The minimum Gasteiger partial charge on any atom is -0.481 e. The first-order valence-corrected chi connectivity index (χ1v) is 8.33. The molecule has 1 saturated carbocycles. The van der Waals surface area contributed by atoms with E-state index < -0.39 is 11.4 Å². The number of carboxylic acid groups (broad SMARTS) is 1. The van der Waals surface area contributed by atoms with E-state index in [0.29, 0.717) is 25.1 Å². The number of hydrogen-bond donors (Lipinski definition) is 1. The first kappa shape index (κ1) is 14.1. The third-order valence-corrected chi connectivity index (χ3v) is 6.38. The van der Waals surface area contributed by atoms with Gasteiger partial charge >= 0.3 is 5.97 Å². The quantitative estimate of drug-likeness (QED) is 0.884. The van der Waals surface area contributed by atoms with Gasteiger partial charge in [0.25, 0.3) is 5.91 Å². The number of amides is 1. The van der Waals surface area contributed by atoms with Crippen LogP contribution in [0.3, 0.4) is 0 Å². The number of likely N-dealkylation sites (tertiary alicyclic amines) is 1. The highest BCUT2D eigenvalue weighted by atomic mass is 79.9. The van der Waals surface area contributed by atoms with Crippen LogP contribution in [0.25, 0.3) is 0 Å². The summed E-state index contributed by atoms with van der Waals surface area (Å²) in [6.45, 7) is 2.89. The number of hydrogen-bond acceptors (Lipinski definition) is 3. The summed E-state index contributed by atoms with van der Waals surface area (Å²) in [4.78, 5) is 27.0. The second kappa shape index (κ2) is 4.84. The summed E-state index contributed by atoms with van der Waals surface area (Å²) in [5, 5.41) is 9.56. The number of rotatable bonds is 2. The molecule has 1 aliphatic carbocycles. The molecule has 1 aromatic rings.